The van der Waals surface area contributed by atoms with Gasteiger partial charge < -0.3 is 11.1 Å². The highest BCUT2D eigenvalue weighted by Crippen LogP contribution is 1.62. The molecule has 3 heteroatoms. The number of carbonyl (C=O) groups is 1. The predicted molar refractivity (Wildman–Crippen MR) is 32.3 cm³/mol. The van der Waals surface area contributed by atoms with Crippen molar-refractivity contribution in [1.29, 1.82) is 0 Å². The second kappa shape index (κ2) is 6.17. The number of hydrogen-bond donors (Lipinski definition) is 2. The van der Waals surface area contributed by atoms with Gasteiger partial charge in [-0.2, -0.15) is 0 Å². The van der Waals surface area contributed by atoms with Gasteiger partial charge in [-0.1, -0.05) is 12.2 Å². The van der Waals surface area contributed by atoms with Crippen molar-refractivity contribution in [2.75, 3.05) is 13.1 Å². The van der Waals surface area contributed by atoms with Crippen molar-refractivity contribution in [3.05, 3.63) is 12.2 Å². The summed E-state index contributed by atoms with van der Waals surface area (Å²) in [4.78, 5) is 9.59. The van der Waals surface area contributed by atoms with Gasteiger partial charge in [0.25, 0.3) is 0 Å². The SMILES string of the molecule is NC/C=C/CNC=O. The number of hydrogen-bond acceptors (Lipinski definition) is 2. The standard InChI is InChI=1S/C5H10N2O/c6-3-1-2-4-7-5-8/h1-2,5H,3-4,6H2,(H,7,8)/b2-1+. The third-order valence-electron chi connectivity index (χ3n) is 0.622. The summed E-state index contributed by atoms with van der Waals surface area (Å²) in [7, 11) is 0. The molecule has 0 aliphatic rings. The number of nitrogens with one attached hydrogen (secondary N) is 1. The number of amides is 1. The van der Waals surface area contributed by atoms with Gasteiger partial charge in [0.15, 0.2) is 0 Å². The van der Waals surface area contributed by atoms with E-state index in [1.54, 1.807) is 12.2 Å². The molecule has 3 nitrogen and oxygen atoms in total. The molecule has 46 valence electrons. The van der Waals surface area contributed by atoms with Crippen LogP contribution >= 0.6 is 0 Å². The van der Waals surface area contributed by atoms with Gasteiger partial charge in [0.1, 0.15) is 0 Å². The minimum atomic E-state index is 0.528. The molecule has 0 radical (unpaired) electrons. The summed E-state index contributed by atoms with van der Waals surface area (Å²) in [5.74, 6) is 0. The van der Waals surface area contributed by atoms with Crippen LogP contribution in [0.1, 0.15) is 0 Å². The topological polar surface area (TPSA) is 55.1 Å². The Kier molecular flexibility index (Phi) is 5.53. The monoisotopic (exact) mass is 114 g/mol. The number of carbonyl (C=O) groups excluding carboxylic acids is 1. The first-order valence-corrected chi connectivity index (χ1v) is 2.44. The Morgan fingerprint density at radius 2 is 2.25 bits per heavy atom. The summed E-state index contributed by atoms with van der Waals surface area (Å²) < 4.78 is 0. The fourth-order valence-electron chi connectivity index (χ4n) is 0.296. The number of nitrogens with two attached hydrogens (primary N) is 1. The quantitative estimate of drug-likeness (QED) is 0.287. The van der Waals surface area contributed by atoms with E-state index in [9.17, 15) is 4.79 Å². The molecule has 0 aliphatic carbocycles. The maximum absolute atomic E-state index is 9.59. The second-order valence-corrected chi connectivity index (χ2v) is 1.23. The smallest absolute Gasteiger partial charge is 0.207 e. The average Bonchev–Trinajstić information content (AvgIpc) is 1.81. The molecule has 8 heavy (non-hydrogen) atoms. The maximum atomic E-state index is 9.59. The summed E-state index contributed by atoms with van der Waals surface area (Å²) in [6, 6.07) is 0. The zero-order chi connectivity index (χ0) is 6.24. The lowest BCUT2D eigenvalue weighted by molar-refractivity contribution is -0.109. The van der Waals surface area contributed by atoms with Crippen molar-refractivity contribution in [2.24, 2.45) is 5.73 Å². The molecule has 0 bridgehead atoms. The molecule has 0 aliphatic heterocycles. The lowest BCUT2D eigenvalue weighted by atomic mass is 10.5. The van der Waals surface area contributed by atoms with Crippen molar-refractivity contribution >= 4 is 6.41 Å². The van der Waals surface area contributed by atoms with Gasteiger partial charge in [-0.3, -0.25) is 4.79 Å². The van der Waals surface area contributed by atoms with Gasteiger partial charge in [-0.25, -0.2) is 0 Å². The van der Waals surface area contributed by atoms with Crippen LogP contribution in [0.2, 0.25) is 0 Å². The molecule has 0 aromatic heterocycles. The molecule has 3 N–H and O–H groups in total. The molecule has 0 saturated heterocycles. The van der Waals surface area contributed by atoms with E-state index in [0.29, 0.717) is 19.5 Å². The lowest BCUT2D eigenvalue weighted by Gasteiger charge is -1.85. The zero-order valence-corrected chi connectivity index (χ0v) is 4.63. The highest BCUT2D eigenvalue weighted by molar-refractivity contribution is 5.46. The summed E-state index contributed by atoms with van der Waals surface area (Å²) in [6.45, 7) is 1.10. The van der Waals surface area contributed by atoms with E-state index >= 15 is 0 Å². The molecular formula is C5H10N2O. The van der Waals surface area contributed by atoms with Crippen molar-refractivity contribution in [3.63, 3.8) is 0 Å². The molecule has 1 amide bonds. The molecule has 0 aromatic carbocycles. The predicted octanol–water partition coefficient (Wildman–Crippen LogP) is -0.753. The third kappa shape index (κ3) is 5.17. The second-order valence-electron chi connectivity index (χ2n) is 1.23. The largest absolute Gasteiger partial charge is 0.355 e. The van der Waals surface area contributed by atoms with Gasteiger partial charge in [0.05, 0.1) is 0 Å². The first-order chi connectivity index (χ1) is 3.91. The molecule has 0 rings (SSSR count). The van der Waals surface area contributed by atoms with Crippen molar-refractivity contribution in [2.45, 2.75) is 0 Å². The minimum Gasteiger partial charge on any atom is -0.355 e. The molecule has 0 heterocycles. The van der Waals surface area contributed by atoms with E-state index in [2.05, 4.69) is 5.32 Å². The molecule has 0 aromatic rings. The van der Waals surface area contributed by atoms with Gasteiger partial charge in [-0.05, 0) is 0 Å². The van der Waals surface area contributed by atoms with E-state index in [4.69, 9.17) is 5.73 Å². The Labute approximate surface area is 48.6 Å². The van der Waals surface area contributed by atoms with E-state index in [0.717, 1.165) is 0 Å². The maximum Gasteiger partial charge on any atom is 0.207 e. The van der Waals surface area contributed by atoms with Crippen LogP contribution in [0, 0.1) is 0 Å². The Morgan fingerprint density at radius 3 is 2.75 bits per heavy atom. The van der Waals surface area contributed by atoms with Gasteiger partial charge in [-0.15, -0.1) is 0 Å². The van der Waals surface area contributed by atoms with Crippen LogP contribution in [0.3, 0.4) is 0 Å². The zero-order valence-electron chi connectivity index (χ0n) is 4.63. The molecule has 0 saturated carbocycles. The van der Waals surface area contributed by atoms with E-state index < -0.39 is 0 Å². The number of rotatable bonds is 4. The minimum absolute atomic E-state index is 0.528. The van der Waals surface area contributed by atoms with E-state index in [1.165, 1.54) is 0 Å². The molecule has 0 fully saturated rings. The fraction of sp³-hybridized carbons (Fsp3) is 0.400. The Balaban J connectivity index is 2.90. The first kappa shape index (κ1) is 7.17. The van der Waals surface area contributed by atoms with Crippen molar-refractivity contribution in [1.82, 2.24) is 5.32 Å². The molecular weight excluding hydrogens is 104 g/mol. The van der Waals surface area contributed by atoms with Crippen LogP contribution in [0.5, 0.6) is 0 Å². The molecule has 0 atom stereocenters. The highest BCUT2D eigenvalue weighted by atomic mass is 16.1. The Bertz CT molecular complexity index is 80.5. The van der Waals surface area contributed by atoms with Crippen molar-refractivity contribution in [3.8, 4) is 0 Å². The van der Waals surface area contributed by atoms with Crippen LogP contribution < -0.4 is 11.1 Å². The van der Waals surface area contributed by atoms with Crippen LogP contribution in [-0.2, 0) is 4.79 Å². The summed E-state index contributed by atoms with van der Waals surface area (Å²) in [6.07, 6.45) is 4.24. The van der Waals surface area contributed by atoms with E-state index in [1.807, 2.05) is 0 Å². The van der Waals surface area contributed by atoms with E-state index in [-0.39, 0.29) is 0 Å². The third-order valence-corrected chi connectivity index (χ3v) is 0.622. The van der Waals surface area contributed by atoms with Gasteiger partial charge in [0.2, 0.25) is 6.41 Å². The summed E-state index contributed by atoms with van der Waals surface area (Å²) >= 11 is 0. The molecule has 0 spiro atoms. The summed E-state index contributed by atoms with van der Waals surface area (Å²) in [5, 5.41) is 2.46. The molecule has 0 unspecified atom stereocenters. The van der Waals surface area contributed by atoms with Crippen LogP contribution in [0.4, 0.5) is 0 Å². The normalized spacial score (nSPS) is 9.62. The average molecular weight is 114 g/mol. The van der Waals surface area contributed by atoms with Crippen LogP contribution in [0.25, 0.3) is 0 Å². The Hall–Kier alpha value is -0.830. The van der Waals surface area contributed by atoms with Crippen molar-refractivity contribution < 1.29 is 4.79 Å². The first-order valence-electron chi connectivity index (χ1n) is 2.44. The van der Waals surface area contributed by atoms with Gasteiger partial charge in [0, 0.05) is 13.1 Å². The highest BCUT2D eigenvalue weighted by Gasteiger charge is 1.69. The van der Waals surface area contributed by atoms with Gasteiger partial charge >= 0.3 is 0 Å². The fourth-order valence-corrected chi connectivity index (χ4v) is 0.296. The van der Waals surface area contributed by atoms with Crippen LogP contribution in [0.15, 0.2) is 12.2 Å². The Morgan fingerprint density at radius 1 is 1.50 bits per heavy atom. The van der Waals surface area contributed by atoms with Crippen LogP contribution in [-0.4, -0.2) is 19.5 Å². The lowest BCUT2D eigenvalue weighted by Crippen LogP contribution is -2.09. The summed E-state index contributed by atoms with van der Waals surface area (Å²) in [5.41, 5.74) is 5.11.